The highest BCUT2D eigenvalue weighted by molar-refractivity contribution is 6.30. The lowest BCUT2D eigenvalue weighted by Gasteiger charge is -2.24. The van der Waals surface area contributed by atoms with Gasteiger partial charge in [0.2, 0.25) is 0 Å². The summed E-state index contributed by atoms with van der Waals surface area (Å²) in [5.41, 5.74) is 2.35. The fraction of sp³-hybridized carbons (Fsp3) is 0.250. The van der Waals surface area contributed by atoms with Crippen LogP contribution in [0.15, 0.2) is 42.5 Å². The summed E-state index contributed by atoms with van der Waals surface area (Å²) >= 11 is 5.95. The van der Waals surface area contributed by atoms with Gasteiger partial charge in [0.1, 0.15) is 17.6 Å². The molecule has 1 atom stereocenters. The molecule has 0 saturated carbocycles. The van der Waals surface area contributed by atoms with Gasteiger partial charge in [-0.2, -0.15) is 0 Å². The number of carbonyl (C=O) groups excluding carboxylic acids is 1. The number of benzene rings is 2. The number of nitrogens with one attached hydrogen (secondary N) is 1. The van der Waals surface area contributed by atoms with Gasteiger partial charge in [0, 0.05) is 11.1 Å². The predicted octanol–water partition coefficient (Wildman–Crippen LogP) is 3.47. The molecule has 8 nitrogen and oxygen atoms in total. The molecule has 1 amide bonds. The van der Waals surface area contributed by atoms with Crippen LogP contribution in [0.2, 0.25) is 5.02 Å². The number of rotatable bonds is 5. The first-order valence-electron chi connectivity index (χ1n) is 8.92. The Morgan fingerprint density at radius 1 is 1.21 bits per heavy atom. The van der Waals surface area contributed by atoms with Gasteiger partial charge in [0.15, 0.2) is 5.69 Å². The molecule has 1 N–H and O–H groups in total. The molecule has 150 valence electrons. The van der Waals surface area contributed by atoms with E-state index < -0.39 is 0 Å². The topological polar surface area (TPSA) is 87.5 Å². The van der Waals surface area contributed by atoms with Gasteiger partial charge in [-0.15, -0.1) is 5.10 Å². The summed E-state index contributed by atoms with van der Waals surface area (Å²) in [5, 5.41) is 11.7. The van der Waals surface area contributed by atoms with Crippen LogP contribution in [0.4, 0.5) is 5.69 Å². The molecule has 1 aromatic heterocycles. The van der Waals surface area contributed by atoms with E-state index in [1.807, 2.05) is 24.3 Å². The van der Waals surface area contributed by atoms with Crippen LogP contribution in [-0.4, -0.2) is 35.1 Å². The maximum Gasteiger partial charge on any atom is 0.278 e. The third-order valence-corrected chi connectivity index (χ3v) is 4.96. The SMILES string of the molecule is COc1ccc(NC(=O)c2nnn3c2COC(c2ccc(Cl)cc2)C3)c(OC)c1. The quantitative estimate of drug-likeness (QED) is 0.687. The third-order valence-electron chi connectivity index (χ3n) is 4.71. The van der Waals surface area contributed by atoms with Crippen LogP contribution in [0.25, 0.3) is 0 Å². The smallest absolute Gasteiger partial charge is 0.278 e. The molecule has 0 spiro atoms. The van der Waals surface area contributed by atoms with E-state index in [1.165, 1.54) is 7.11 Å². The van der Waals surface area contributed by atoms with Gasteiger partial charge in [0.25, 0.3) is 5.91 Å². The first-order chi connectivity index (χ1) is 14.1. The van der Waals surface area contributed by atoms with E-state index in [0.717, 1.165) is 5.56 Å². The number of carbonyl (C=O) groups is 1. The normalized spacial score (nSPS) is 15.5. The molecule has 1 aliphatic heterocycles. The monoisotopic (exact) mass is 414 g/mol. The molecule has 0 fully saturated rings. The Balaban J connectivity index is 1.52. The zero-order valence-corrected chi connectivity index (χ0v) is 16.6. The number of fused-ring (bicyclic) bond motifs is 1. The average Bonchev–Trinajstić information content (AvgIpc) is 3.18. The van der Waals surface area contributed by atoms with Crippen molar-refractivity contribution in [2.75, 3.05) is 19.5 Å². The number of nitrogens with zero attached hydrogens (tertiary/aromatic N) is 3. The highest BCUT2D eigenvalue weighted by Crippen LogP contribution is 2.31. The van der Waals surface area contributed by atoms with Gasteiger partial charge in [-0.25, -0.2) is 4.68 Å². The molecule has 0 radical (unpaired) electrons. The predicted molar refractivity (Wildman–Crippen MR) is 107 cm³/mol. The number of hydrogen-bond acceptors (Lipinski definition) is 6. The van der Waals surface area contributed by atoms with Crippen molar-refractivity contribution in [2.24, 2.45) is 0 Å². The summed E-state index contributed by atoms with van der Waals surface area (Å²) < 4.78 is 18.1. The molecule has 0 saturated heterocycles. The summed E-state index contributed by atoms with van der Waals surface area (Å²) in [6.07, 6.45) is -0.181. The van der Waals surface area contributed by atoms with Crippen molar-refractivity contribution in [1.82, 2.24) is 15.0 Å². The van der Waals surface area contributed by atoms with Crippen molar-refractivity contribution < 1.29 is 19.0 Å². The average molecular weight is 415 g/mol. The van der Waals surface area contributed by atoms with Crippen molar-refractivity contribution in [2.45, 2.75) is 19.3 Å². The Bertz CT molecular complexity index is 1040. The van der Waals surface area contributed by atoms with E-state index in [0.29, 0.717) is 34.4 Å². The number of ether oxygens (including phenoxy) is 3. The summed E-state index contributed by atoms with van der Waals surface area (Å²) in [7, 11) is 3.09. The molecule has 0 aliphatic carbocycles. The number of methoxy groups -OCH3 is 2. The molecular formula is C20H19ClN4O4. The van der Waals surface area contributed by atoms with Crippen LogP contribution in [0.1, 0.15) is 27.8 Å². The minimum atomic E-state index is -0.386. The lowest BCUT2D eigenvalue weighted by atomic mass is 10.1. The number of halogens is 1. The molecule has 0 bridgehead atoms. The molecule has 2 aromatic carbocycles. The van der Waals surface area contributed by atoms with E-state index in [2.05, 4.69) is 15.6 Å². The Morgan fingerprint density at radius 3 is 2.72 bits per heavy atom. The second kappa shape index (κ2) is 8.10. The molecule has 1 unspecified atom stereocenters. The van der Waals surface area contributed by atoms with Gasteiger partial charge in [0.05, 0.1) is 38.8 Å². The van der Waals surface area contributed by atoms with Crippen molar-refractivity contribution >= 4 is 23.2 Å². The molecule has 4 rings (SSSR count). The number of hydrogen-bond donors (Lipinski definition) is 1. The van der Waals surface area contributed by atoms with Crippen LogP contribution < -0.4 is 14.8 Å². The first-order valence-corrected chi connectivity index (χ1v) is 9.29. The lowest BCUT2D eigenvalue weighted by molar-refractivity contribution is -0.00171. The van der Waals surface area contributed by atoms with E-state index in [1.54, 1.807) is 30.0 Å². The summed E-state index contributed by atoms with van der Waals surface area (Å²) in [6, 6.07) is 12.6. The zero-order chi connectivity index (χ0) is 20.4. The first kappa shape index (κ1) is 19.2. The van der Waals surface area contributed by atoms with Gasteiger partial charge < -0.3 is 19.5 Å². The third kappa shape index (κ3) is 3.90. The fourth-order valence-corrected chi connectivity index (χ4v) is 3.28. The molecule has 9 heteroatoms. The van der Waals surface area contributed by atoms with Gasteiger partial charge >= 0.3 is 0 Å². The standard InChI is InChI=1S/C20H19ClN4O4/c1-27-14-7-8-15(17(9-14)28-2)22-20(26)19-16-11-29-18(10-25(16)24-23-19)12-3-5-13(21)6-4-12/h3-9,18H,10-11H2,1-2H3,(H,22,26). The minimum absolute atomic E-state index is 0.181. The number of aromatic nitrogens is 3. The van der Waals surface area contributed by atoms with E-state index >= 15 is 0 Å². The maximum atomic E-state index is 12.8. The molecule has 1 aliphatic rings. The lowest BCUT2D eigenvalue weighted by Crippen LogP contribution is -2.24. The second-order valence-electron chi connectivity index (χ2n) is 6.44. The van der Waals surface area contributed by atoms with Crippen LogP contribution in [0, 0.1) is 0 Å². The van der Waals surface area contributed by atoms with Crippen LogP contribution in [-0.2, 0) is 17.9 Å². The van der Waals surface area contributed by atoms with Gasteiger partial charge in [-0.3, -0.25) is 4.79 Å². The van der Waals surface area contributed by atoms with Crippen LogP contribution in [0.5, 0.6) is 11.5 Å². The van der Waals surface area contributed by atoms with Crippen molar-refractivity contribution in [3.63, 3.8) is 0 Å². The molecular weight excluding hydrogens is 396 g/mol. The largest absolute Gasteiger partial charge is 0.497 e. The Labute approximate surface area is 172 Å². The highest BCUT2D eigenvalue weighted by atomic mass is 35.5. The van der Waals surface area contributed by atoms with Crippen LogP contribution in [0.3, 0.4) is 0 Å². The minimum Gasteiger partial charge on any atom is -0.497 e. The second-order valence-corrected chi connectivity index (χ2v) is 6.87. The van der Waals surface area contributed by atoms with Crippen molar-refractivity contribution in [1.29, 1.82) is 0 Å². The maximum absolute atomic E-state index is 12.8. The Kier molecular flexibility index (Phi) is 5.37. The van der Waals surface area contributed by atoms with E-state index in [-0.39, 0.29) is 24.3 Å². The summed E-state index contributed by atoms with van der Waals surface area (Å²) in [4.78, 5) is 12.8. The molecule has 29 heavy (non-hydrogen) atoms. The van der Waals surface area contributed by atoms with Gasteiger partial charge in [-0.05, 0) is 29.8 Å². The van der Waals surface area contributed by atoms with Crippen LogP contribution >= 0.6 is 11.6 Å². The van der Waals surface area contributed by atoms with E-state index in [4.69, 9.17) is 25.8 Å². The van der Waals surface area contributed by atoms with Crippen molar-refractivity contribution in [3.05, 3.63) is 64.4 Å². The Morgan fingerprint density at radius 2 is 2.00 bits per heavy atom. The van der Waals surface area contributed by atoms with Gasteiger partial charge in [-0.1, -0.05) is 28.9 Å². The number of amides is 1. The summed E-state index contributed by atoms with van der Waals surface area (Å²) in [5.74, 6) is 0.726. The summed E-state index contributed by atoms with van der Waals surface area (Å²) in [6.45, 7) is 0.686. The van der Waals surface area contributed by atoms with E-state index in [9.17, 15) is 4.79 Å². The fourth-order valence-electron chi connectivity index (χ4n) is 3.15. The molecule has 2 heterocycles. The Hall–Kier alpha value is -3.10. The zero-order valence-electron chi connectivity index (χ0n) is 15.9. The van der Waals surface area contributed by atoms with Crippen molar-refractivity contribution in [3.8, 4) is 11.5 Å². The number of anilines is 1. The molecule has 3 aromatic rings. The highest BCUT2D eigenvalue weighted by Gasteiger charge is 2.28.